The number of benzene rings is 1. The molecule has 0 spiro atoms. The highest BCUT2D eigenvalue weighted by Crippen LogP contribution is 2.28. The molecular formula is C18H19F3N4O+2. The van der Waals surface area contributed by atoms with Gasteiger partial charge in [-0.3, -0.25) is 4.90 Å². The number of oxazole rings is 1. The second-order valence-corrected chi connectivity index (χ2v) is 6.45. The minimum Gasteiger partial charge on any atom is -0.435 e. The van der Waals surface area contributed by atoms with Crippen molar-refractivity contribution < 1.29 is 27.5 Å². The molecule has 1 fully saturated rings. The molecular weight excluding hydrogens is 345 g/mol. The number of aromatic amines is 1. The Kier molecular flexibility index (Phi) is 4.28. The van der Waals surface area contributed by atoms with Gasteiger partial charge in [0, 0.05) is 6.07 Å². The van der Waals surface area contributed by atoms with Crippen LogP contribution in [-0.2, 0) is 12.7 Å². The number of nitrogens with one attached hydrogen (secondary N) is 2. The number of aromatic nitrogens is 2. The topological polar surface area (TPSA) is 47.9 Å². The first-order valence-corrected chi connectivity index (χ1v) is 8.51. The first-order valence-electron chi connectivity index (χ1n) is 8.51. The number of fused-ring (bicyclic) bond motifs is 1. The lowest BCUT2D eigenvalue weighted by Crippen LogP contribution is -3.13. The smallest absolute Gasteiger partial charge is 0.419 e. The fourth-order valence-electron chi connectivity index (χ4n) is 3.24. The number of pyridine rings is 1. The van der Waals surface area contributed by atoms with Crippen molar-refractivity contribution in [2.24, 2.45) is 0 Å². The molecule has 0 radical (unpaired) electrons. The summed E-state index contributed by atoms with van der Waals surface area (Å²) in [5.74, 6) is 1.43. The fourth-order valence-corrected chi connectivity index (χ4v) is 3.24. The zero-order chi connectivity index (χ0) is 18.1. The van der Waals surface area contributed by atoms with Crippen molar-refractivity contribution in [2.45, 2.75) is 12.7 Å². The SMILES string of the molecule is FC(F)(F)c1ccc(N2CC[NH+](Cc3nc4ccccc4o3)CC2)[nH+]c1. The highest BCUT2D eigenvalue weighted by Gasteiger charge is 2.33. The van der Waals surface area contributed by atoms with Crippen molar-refractivity contribution in [1.82, 2.24) is 4.98 Å². The van der Waals surface area contributed by atoms with Crippen LogP contribution in [0.1, 0.15) is 11.5 Å². The maximum absolute atomic E-state index is 12.6. The van der Waals surface area contributed by atoms with E-state index in [0.29, 0.717) is 12.4 Å². The van der Waals surface area contributed by atoms with Crippen LogP contribution in [0.4, 0.5) is 19.0 Å². The molecule has 0 atom stereocenters. The molecule has 8 heteroatoms. The Hall–Kier alpha value is -2.61. The van der Waals surface area contributed by atoms with Gasteiger partial charge in [0.15, 0.2) is 12.1 Å². The number of piperazine rings is 1. The van der Waals surface area contributed by atoms with Crippen LogP contribution < -0.4 is 14.8 Å². The Morgan fingerprint density at radius 3 is 2.54 bits per heavy atom. The number of halogens is 3. The highest BCUT2D eigenvalue weighted by atomic mass is 19.4. The lowest BCUT2D eigenvalue weighted by atomic mass is 10.2. The zero-order valence-corrected chi connectivity index (χ0v) is 14.0. The molecule has 0 bridgehead atoms. The Morgan fingerprint density at radius 2 is 1.88 bits per heavy atom. The Morgan fingerprint density at radius 1 is 1.12 bits per heavy atom. The Balaban J connectivity index is 1.36. The van der Waals surface area contributed by atoms with E-state index < -0.39 is 11.7 Å². The molecule has 2 N–H and O–H groups in total. The molecule has 4 rings (SSSR count). The predicted octanol–water partition coefficient (Wildman–Crippen LogP) is 1.57. The fraction of sp³-hybridized carbons (Fsp3) is 0.333. The predicted molar refractivity (Wildman–Crippen MR) is 88.6 cm³/mol. The van der Waals surface area contributed by atoms with Crippen molar-refractivity contribution >= 4 is 16.9 Å². The van der Waals surface area contributed by atoms with Crippen molar-refractivity contribution in [1.29, 1.82) is 0 Å². The van der Waals surface area contributed by atoms with E-state index in [0.717, 1.165) is 55.4 Å². The molecule has 26 heavy (non-hydrogen) atoms. The summed E-state index contributed by atoms with van der Waals surface area (Å²) in [4.78, 5) is 10.7. The van der Waals surface area contributed by atoms with Gasteiger partial charge in [-0.1, -0.05) is 12.1 Å². The van der Waals surface area contributed by atoms with E-state index in [9.17, 15) is 13.2 Å². The van der Waals surface area contributed by atoms with Gasteiger partial charge in [0.25, 0.3) is 11.7 Å². The van der Waals surface area contributed by atoms with Gasteiger partial charge in [0.1, 0.15) is 37.9 Å². The highest BCUT2D eigenvalue weighted by molar-refractivity contribution is 5.72. The molecule has 1 aliphatic rings. The maximum Gasteiger partial charge on any atom is 0.419 e. The van der Waals surface area contributed by atoms with Crippen LogP contribution in [0.3, 0.4) is 0 Å². The van der Waals surface area contributed by atoms with Gasteiger partial charge in [-0.2, -0.15) is 13.2 Å². The van der Waals surface area contributed by atoms with E-state index in [1.165, 1.54) is 11.0 Å². The first kappa shape index (κ1) is 16.8. The first-order chi connectivity index (χ1) is 12.5. The van der Waals surface area contributed by atoms with Crippen LogP contribution in [0.5, 0.6) is 0 Å². The molecule has 5 nitrogen and oxygen atoms in total. The average Bonchev–Trinajstić information content (AvgIpc) is 3.04. The van der Waals surface area contributed by atoms with E-state index in [1.54, 1.807) is 0 Å². The van der Waals surface area contributed by atoms with Crippen LogP contribution in [0.25, 0.3) is 11.1 Å². The molecule has 1 aliphatic heterocycles. The van der Waals surface area contributed by atoms with Crippen molar-refractivity contribution in [2.75, 3.05) is 31.1 Å². The molecule has 0 unspecified atom stereocenters. The molecule has 2 aromatic heterocycles. The number of nitrogens with zero attached hydrogens (tertiary/aromatic N) is 2. The molecule has 0 amide bonds. The normalized spacial score (nSPS) is 16.3. The second-order valence-electron chi connectivity index (χ2n) is 6.45. The summed E-state index contributed by atoms with van der Waals surface area (Å²) in [6.45, 7) is 3.97. The van der Waals surface area contributed by atoms with Gasteiger partial charge in [-0.15, -0.1) is 0 Å². The number of anilines is 1. The summed E-state index contributed by atoms with van der Waals surface area (Å²) >= 11 is 0. The van der Waals surface area contributed by atoms with Gasteiger partial charge in [0.05, 0.1) is 5.56 Å². The number of para-hydroxylation sites is 2. The number of hydrogen-bond acceptors (Lipinski definition) is 3. The van der Waals surface area contributed by atoms with Gasteiger partial charge < -0.3 is 9.32 Å². The molecule has 1 saturated heterocycles. The monoisotopic (exact) mass is 364 g/mol. The number of alkyl halides is 3. The van der Waals surface area contributed by atoms with E-state index in [-0.39, 0.29) is 0 Å². The Labute approximate surface area is 148 Å². The van der Waals surface area contributed by atoms with E-state index in [1.807, 2.05) is 24.3 Å². The van der Waals surface area contributed by atoms with Crippen LogP contribution in [-0.4, -0.2) is 31.2 Å². The van der Waals surface area contributed by atoms with Crippen molar-refractivity contribution in [3.05, 3.63) is 54.0 Å². The molecule has 3 heterocycles. The lowest BCUT2D eigenvalue weighted by molar-refractivity contribution is -0.915. The number of quaternary nitrogens is 1. The maximum atomic E-state index is 12.6. The number of rotatable bonds is 3. The summed E-state index contributed by atoms with van der Waals surface area (Å²) < 4.78 is 43.7. The molecule has 0 saturated carbocycles. The number of H-pyrrole nitrogens is 1. The summed E-state index contributed by atoms with van der Waals surface area (Å²) in [6.07, 6.45) is -3.30. The minimum absolute atomic E-state index is 0.665. The van der Waals surface area contributed by atoms with Gasteiger partial charge in [0.2, 0.25) is 0 Å². The summed E-state index contributed by atoms with van der Waals surface area (Å²) in [5.41, 5.74) is 0.987. The molecule has 3 aromatic rings. The third kappa shape index (κ3) is 3.50. The number of hydrogen-bond donors (Lipinski definition) is 1. The van der Waals surface area contributed by atoms with Crippen LogP contribution >= 0.6 is 0 Å². The van der Waals surface area contributed by atoms with Gasteiger partial charge in [-0.25, -0.2) is 9.97 Å². The standard InChI is InChI=1S/C18H17F3N4O/c19-18(20,21)13-5-6-16(22-11-13)25-9-7-24(8-10-25)12-17-23-14-3-1-2-4-15(14)26-17/h1-6,11H,7-10,12H2/p+2. The third-order valence-corrected chi connectivity index (χ3v) is 4.67. The summed E-state index contributed by atoms with van der Waals surface area (Å²) in [6, 6.07) is 10.3. The van der Waals surface area contributed by atoms with Crippen LogP contribution in [0.2, 0.25) is 0 Å². The van der Waals surface area contributed by atoms with Gasteiger partial charge >= 0.3 is 6.18 Å². The van der Waals surface area contributed by atoms with Gasteiger partial charge in [-0.05, 0) is 18.2 Å². The molecule has 1 aromatic carbocycles. The zero-order valence-electron chi connectivity index (χ0n) is 14.0. The summed E-state index contributed by atoms with van der Waals surface area (Å²) in [7, 11) is 0. The quantitative estimate of drug-likeness (QED) is 0.768. The second kappa shape index (κ2) is 6.60. The van der Waals surface area contributed by atoms with E-state index in [4.69, 9.17) is 4.42 Å². The molecule has 0 aliphatic carbocycles. The van der Waals surface area contributed by atoms with E-state index >= 15 is 0 Å². The average molecular weight is 364 g/mol. The largest absolute Gasteiger partial charge is 0.435 e. The van der Waals surface area contributed by atoms with Crippen LogP contribution in [0.15, 0.2) is 47.0 Å². The lowest BCUT2D eigenvalue weighted by Gasteiger charge is -2.27. The summed E-state index contributed by atoms with van der Waals surface area (Å²) in [5, 5.41) is 0. The van der Waals surface area contributed by atoms with Crippen molar-refractivity contribution in [3.63, 3.8) is 0 Å². The molecule has 136 valence electrons. The van der Waals surface area contributed by atoms with Crippen LogP contribution in [0, 0.1) is 0 Å². The van der Waals surface area contributed by atoms with Crippen molar-refractivity contribution in [3.8, 4) is 0 Å². The third-order valence-electron chi connectivity index (χ3n) is 4.67. The Bertz CT molecular complexity index is 850. The van der Waals surface area contributed by atoms with E-state index in [2.05, 4.69) is 14.9 Å². The minimum atomic E-state index is -4.32.